The Morgan fingerprint density at radius 2 is 1.58 bits per heavy atom. The van der Waals surface area contributed by atoms with Crippen LogP contribution in [0, 0.1) is 5.92 Å². The predicted molar refractivity (Wildman–Crippen MR) is 119 cm³/mol. The highest BCUT2D eigenvalue weighted by atomic mass is 16.3. The van der Waals surface area contributed by atoms with Crippen LogP contribution < -0.4 is 5.43 Å². The van der Waals surface area contributed by atoms with Crippen LogP contribution >= 0.6 is 0 Å². The lowest BCUT2D eigenvalue weighted by Gasteiger charge is -2.26. The molecule has 1 unspecified atom stereocenters. The molecule has 0 fully saturated rings. The van der Waals surface area contributed by atoms with E-state index in [2.05, 4.69) is 0 Å². The van der Waals surface area contributed by atoms with Gasteiger partial charge in [0.1, 0.15) is 28.1 Å². The molecule has 0 aliphatic carbocycles. The van der Waals surface area contributed by atoms with Crippen molar-refractivity contribution >= 4 is 21.9 Å². The van der Waals surface area contributed by atoms with Gasteiger partial charge in [-0.3, -0.25) is 4.79 Å². The predicted octanol–water partition coefficient (Wildman–Crippen LogP) is 4.23. The average molecular weight is 428 g/mol. The first-order valence-electron chi connectivity index (χ1n) is 10.1. The Hall–Kier alpha value is -3.19. The van der Waals surface area contributed by atoms with Crippen LogP contribution in [0.1, 0.15) is 45.7 Å². The van der Waals surface area contributed by atoms with Gasteiger partial charge < -0.3 is 29.9 Å². The molecule has 7 heteroatoms. The molecule has 0 saturated heterocycles. The molecule has 0 aliphatic heterocycles. The van der Waals surface area contributed by atoms with Crippen LogP contribution in [0.15, 0.2) is 33.0 Å². The van der Waals surface area contributed by atoms with Crippen molar-refractivity contribution in [3.05, 3.63) is 45.1 Å². The zero-order valence-corrected chi connectivity index (χ0v) is 18.3. The van der Waals surface area contributed by atoms with Crippen LogP contribution in [0.4, 0.5) is 0 Å². The highest BCUT2D eigenvalue weighted by Gasteiger charge is 2.28. The number of phenols is 4. The number of aliphatic hydroxyl groups is 1. The normalized spacial score (nSPS) is 13.0. The molecule has 166 valence electrons. The van der Waals surface area contributed by atoms with Gasteiger partial charge in [-0.15, -0.1) is 0 Å². The minimum Gasteiger partial charge on any atom is -0.507 e. The zero-order chi connectivity index (χ0) is 23.2. The Bertz CT molecular complexity index is 1260. The third kappa shape index (κ3) is 4.05. The number of benzene rings is 2. The van der Waals surface area contributed by atoms with Gasteiger partial charge in [-0.2, -0.15) is 0 Å². The molecule has 0 aliphatic rings. The molecule has 7 nitrogen and oxygen atoms in total. The molecule has 3 aromatic rings. The van der Waals surface area contributed by atoms with E-state index in [0.717, 1.165) is 11.6 Å². The Morgan fingerprint density at radius 3 is 2.16 bits per heavy atom. The molecule has 2 aromatic carbocycles. The summed E-state index contributed by atoms with van der Waals surface area (Å²) in [7, 11) is 0. The molecule has 0 radical (unpaired) electrons. The van der Waals surface area contributed by atoms with Crippen LogP contribution in [0.3, 0.4) is 0 Å². The standard InChI is InChI=1S/C24H28O7/c1-11(2)6-7-13-15(25)9-18-20(22(13)28)23(29)19-14(8-12(3)24(4,5)30)21(27)16(26)10-17(19)31-18/h6,9-10,12,25-28,30H,7-8H2,1-5H3. The fourth-order valence-corrected chi connectivity index (χ4v) is 3.49. The summed E-state index contributed by atoms with van der Waals surface area (Å²) in [6.45, 7) is 8.74. The number of allylic oxidation sites excluding steroid dienone is 2. The van der Waals surface area contributed by atoms with Crippen molar-refractivity contribution in [2.45, 2.75) is 53.1 Å². The first-order valence-corrected chi connectivity index (χ1v) is 10.1. The van der Waals surface area contributed by atoms with E-state index in [4.69, 9.17) is 4.42 Å². The summed E-state index contributed by atoms with van der Waals surface area (Å²) in [5.74, 6) is -1.93. The van der Waals surface area contributed by atoms with Crippen molar-refractivity contribution in [3.8, 4) is 23.0 Å². The number of rotatable bonds is 5. The van der Waals surface area contributed by atoms with Gasteiger partial charge in [-0.25, -0.2) is 0 Å². The lowest BCUT2D eigenvalue weighted by atomic mass is 9.85. The van der Waals surface area contributed by atoms with E-state index < -0.39 is 28.3 Å². The van der Waals surface area contributed by atoms with Gasteiger partial charge in [0, 0.05) is 23.3 Å². The zero-order valence-electron chi connectivity index (χ0n) is 18.3. The fourth-order valence-electron chi connectivity index (χ4n) is 3.49. The van der Waals surface area contributed by atoms with Crippen molar-refractivity contribution in [1.82, 2.24) is 0 Å². The van der Waals surface area contributed by atoms with Gasteiger partial charge >= 0.3 is 0 Å². The maximum atomic E-state index is 13.5. The van der Waals surface area contributed by atoms with Gasteiger partial charge in [0.15, 0.2) is 11.5 Å². The second-order valence-electron chi connectivity index (χ2n) is 8.87. The van der Waals surface area contributed by atoms with Crippen LogP contribution in [-0.4, -0.2) is 31.1 Å². The molecular formula is C24H28O7. The molecule has 0 bridgehead atoms. The quantitative estimate of drug-likeness (QED) is 0.233. The number of hydrogen-bond acceptors (Lipinski definition) is 7. The second-order valence-corrected chi connectivity index (χ2v) is 8.87. The first kappa shape index (κ1) is 22.5. The van der Waals surface area contributed by atoms with Crippen molar-refractivity contribution in [2.24, 2.45) is 5.92 Å². The van der Waals surface area contributed by atoms with E-state index in [0.29, 0.717) is 0 Å². The number of aromatic hydroxyl groups is 4. The molecule has 1 heterocycles. The van der Waals surface area contributed by atoms with Crippen molar-refractivity contribution in [3.63, 3.8) is 0 Å². The summed E-state index contributed by atoms with van der Waals surface area (Å²) in [5, 5.41) is 52.0. The van der Waals surface area contributed by atoms with Gasteiger partial charge in [0.2, 0.25) is 5.43 Å². The van der Waals surface area contributed by atoms with Crippen LogP contribution in [0.5, 0.6) is 23.0 Å². The highest BCUT2D eigenvalue weighted by Crippen LogP contribution is 2.41. The average Bonchev–Trinajstić information content (AvgIpc) is 2.63. The summed E-state index contributed by atoms with van der Waals surface area (Å²) in [4.78, 5) is 13.5. The molecule has 0 spiro atoms. The van der Waals surface area contributed by atoms with Gasteiger partial charge in [0.05, 0.1) is 11.0 Å². The summed E-state index contributed by atoms with van der Waals surface area (Å²) in [6.07, 6.45) is 2.11. The van der Waals surface area contributed by atoms with Crippen molar-refractivity contribution in [2.75, 3.05) is 0 Å². The number of fused-ring (bicyclic) bond motifs is 2. The van der Waals surface area contributed by atoms with E-state index in [-0.39, 0.29) is 57.6 Å². The number of phenolic OH excluding ortho intramolecular Hbond substituents is 4. The summed E-state index contributed by atoms with van der Waals surface area (Å²) < 4.78 is 5.74. The Labute approximate surface area is 179 Å². The summed E-state index contributed by atoms with van der Waals surface area (Å²) in [6, 6.07) is 2.38. The highest BCUT2D eigenvalue weighted by molar-refractivity contribution is 5.97. The largest absolute Gasteiger partial charge is 0.507 e. The maximum absolute atomic E-state index is 13.5. The maximum Gasteiger partial charge on any atom is 0.204 e. The SMILES string of the molecule is CC(C)=CCc1c(O)cc2oc3cc(O)c(O)c(CC(C)C(C)(C)O)c3c(=O)c2c1O. The molecule has 1 atom stereocenters. The third-order valence-corrected chi connectivity index (χ3v) is 5.80. The van der Waals surface area contributed by atoms with Crippen molar-refractivity contribution in [1.29, 1.82) is 0 Å². The van der Waals surface area contributed by atoms with E-state index in [1.54, 1.807) is 20.8 Å². The monoisotopic (exact) mass is 428 g/mol. The molecular weight excluding hydrogens is 400 g/mol. The fraction of sp³-hybridized carbons (Fsp3) is 0.375. The molecule has 31 heavy (non-hydrogen) atoms. The summed E-state index contributed by atoms with van der Waals surface area (Å²) >= 11 is 0. The first-order chi connectivity index (χ1) is 14.3. The molecule has 1 aromatic heterocycles. The summed E-state index contributed by atoms with van der Waals surface area (Å²) in [5.41, 5.74) is -0.449. The van der Waals surface area contributed by atoms with E-state index in [1.807, 2.05) is 19.9 Å². The molecule has 0 saturated carbocycles. The van der Waals surface area contributed by atoms with Gasteiger partial charge in [-0.1, -0.05) is 18.6 Å². The van der Waals surface area contributed by atoms with Crippen LogP contribution in [-0.2, 0) is 12.8 Å². The smallest absolute Gasteiger partial charge is 0.204 e. The Kier molecular flexibility index (Phi) is 5.67. The van der Waals surface area contributed by atoms with Gasteiger partial charge in [-0.05, 0) is 46.5 Å². The van der Waals surface area contributed by atoms with Crippen LogP contribution in [0.2, 0.25) is 0 Å². The van der Waals surface area contributed by atoms with Crippen LogP contribution in [0.25, 0.3) is 21.9 Å². The molecule has 3 rings (SSSR count). The molecule has 5 N–H and O–H groups in total. The minimum absolute atomic E-state index is 0.00148. The van der Waals surface area contributed by atoms with E-state index >= 15 is 0 Å². The second kappa shape index (κ2) is 7.81. The van der Waals surface area contributed by atoms with E-state index in [1.165, 1.54) is 6.07 Å². The lowest BCUT2D eigenvalue weighted by molar-refractivity contribution is 0.0250. The van der Waals surface area contributed by atoms with E-state index in [9.17, 15) is 30.3 Å². The Balaban J connectivity index is 2.39. The minimum atomic E-state index is -1.10. The number of hydrogen-bond donors (Lipinski definition) is 5. The third-order valence-electron chi connectivity index (χ3n) is 5.80. The molecule has 0 amide bonds. The van der Waals surface area contributed by atoms with Gasteiger partial charge in [0.25, 0.3) is 0 Å². The topological polar surface area (TPSA) is 131 Å². The lowest BCUT2D eigenvalue weighted by Crippen LogP contribution is -2.30. The Morgan fingerprint density at radius 1 is 1.00 bits per heavy atom. The van der Waals surface area contributed by atoms with Crippen molar-refractivity contribution < 1.29 is 29.9 Å².